The van der Waals surface area contributed by atoms with Gasteiger partial charge in [0.05, 0.1) is 0 Å². The number of primary amides is 1. The Morgan fingerprint density at radius 2 is 1.90 bits per heavy atom. The van der Waals surface area contributed by atoms with Gasteiger partial charge < -0.3 is 21.5 Å². The van der Waals surface area contributed by atoms with E-state index < -0.39 is 23.9 Å². The van der Waals surface area contributed by atoms with Crippen molar-refractivity contribution in [2.75, 3.05) is 19.6 Å². The van der Waals surface area contributed by atoms with Gasteiger partial charge >= 0.3 is 12.0 Å². The first-order chi connectivity index (χ1) is 9.90. The van der Waals surface area contributed by atoms with Crippen molar-refractivity contribution in [1.82, 2.24) is 15.5 Å². The summed E-state index contributed by atoms with van der Waals surface area (Å²) < 4.78 is 0. The van der Waals surface area contributed by atoms with Crippen LogP contribution in [0.1, 0.15) is 32.6 Å². The third-order valence-corrected chi connectivity index (χ3v) is 3.60. The van der Waals surface area contributed by atoms with Crippen molar-refractivity contribution in [3.63, 3.8) is 0 Å². The number of hydrogen-bond acceptors (Lipinski definition) is 4. The van der Waals surface area contributed by atoms with Gasteiger partial charge in [0, 0.05) is 19.0 Å². The smallest absolute Gasteiger partial charge is 0.326 e. The Balaban J connectivity index is 2.32. The first-order valence-electron chi connectivity index (χ1n) is 7.19. The molecule has 1 rings (SSSR count). The van der Waals surface area contributed by atoms with Gasteiger partial charge in [-0.15, -0.1) is 0 Å². The van der Waals surface area contributed by atoms with E-state index in [1.807, 2.05) is 6.92 Å². The van der Waals surface area contributed by atoms with E-state index in [4.69, 9.17) is 10.8 Å². The lowest BCUT2D eigenvalue weighted by molar-refractivity contribution is -0.139. The molecule has 0 radical (unpaired) electrons. The third-order valence-electron chi connectivity index (χ3n) is 3.60. The highest BCUT2D eigenvalue weighted by molar-refractivity contribution is 5.83. The van der Waals surface area contributed by atoms with Gasteiger partial charge in [-0.1, -0.05) is 0 Å². The Kier molecular flexibility index (Phi) is 6.93. The van der Waals surface area contributed by atoms with Crippen LogP contribution in [0.2, 0.25) is 0 Å². The molecule has 21 heavy (non-hydrogen) atoms. The number of nitrogens with zero attached hydrogens (tertiary/aromatic N) is 1. The predicted octanol–water partition coefficient (Wildman–Crippen LogP) is -0.511. The highest BCUT2D eigenvalue weighted by atomic mass is 16.4. The van der Waals surface area contributed by atoms with Crippen LogP contribution in [-0.2, 0) is 9.59 Å². The molecule has 1 heterocycles. The van der Waals surface area contributed by atoms with Crippen molar-refractivity contribution in [1.29, 1.82) is 0 Å². The van der Waals surface area contributed by atoms with Gasteiger partial charge in [-0.05, 0) is 39.3 Å². The van der Waals surface area contributed by atoms with Crippen LogP contribution in [0.15, 0.2) is 0 Å². The van der Waals surface area contributed by atoms with Gasteiger partial charge in [0.25, 0.3) is 0 Å². The second-order valence-electron chi connectivity index (χ2n) is 5.34. The molecule has 1 unspecified atom stereocenters. The highest BCUT2D eigenvalue weighted by Gasteiger charge is 2.22. The largest absolute Gasteiger partial charge is 0.480 e. The number of carboxylic acid groups (broad SMARTS) is 1. The molecule has 0 spiro atoms. The van der Waals surface area contributed by atoms with E-state index in [1.54, 1.807) is 0 Å². The van der Waals surface area contributed by atoms with Crippen LogP contribution in [0.4, 0.5) is 4.79 Å². The number of carbonyl (C=O) groups excluding carboxylic acids is 2. The lowest BCUT2D eigenvalue weighted by Gasteiger charge is -2.24. The van der Waals surface area contributed by atoms with Crippen LogP contribution < -0.4 is 16.4 Å². The predicted molar refractivity (Wildman–Crippen MR) is 76.7 cm³/mol. The van der Waals surface area contributed by atoms with Crippen molar-refractivity contribution in [3.8, 4) is 0 Å². The molecule has 3 amide bonds. The van der Waals surface area contributed by atoms with Crippen molar-refractivity contribution in [2.24, 2.45) is 5.73 Å². The summed E-state index contributed by atoms with van der Waals surface area (Å²) >= 11 is 0. The molecule has 1 saturated heterocycles. The zero-order valence-corrected chi connectivity index (χ0v) is 12.3. The second-order valence-corrected chi connectivity index (χ2v) is 5.34. The molecule has 8 heteroatoms. The molecule has 1 aliphatic heterocycles. The molecule has 120 valence electrons. The molecule has 0 aromatic rings. The van der Waals surface area contributed by atoms with Crippen molar-refractivity contribution < 1.29 is 19.5 Å². The molecule has 1 fully saturated rings. The molecule has 0 bridgehead atoms. The summed E-state index contributed by atoms with van der Waals surface area (Å²) in [6.45, 7) is 4.53. The van der Waals surface area contributed by atoms with E-state index in [2.05, 4.69) is 15.5 Å². The Bertz CT molecular complexity index is 382. The Morgan fingerprint density at radius 3 is 2.43 bits per heavy atom. The van der Waals surface area contributed by atoms with Gasteiger partial charge in [-0.2, -0.15) is 0 Å². The molecule has 0 aromatic carbocycles. The average molecular weight is 300 g/mol. The van der Waals surface area contributed by atoms with Crippen molar-refractivity contribution >= 4 is 17.9 Å². The van der Waals surface area contributed by atoms with Crippen molar-refractivity contribution in [3.05, 3.63) is 0 Å². The van der Waals surface area contributed by atoms with Crippen LogP contribution >= 0.6 is 0 Å². The molecule has 0 saturated carbocycles. The van der Waals surface area contributed by atoms with E-state index in [-0.39, 0.29) is 18.9 Å². The molecular weight excluding hydrogens is 276 g/mol. The normalized spacial score (nSPS) is 18.0. The maximum absolute atomic E-state index is 11.7. The van der Waals surface area contributed by atoms with Crippen LogP contribution in [0, 0.1) is 0 Å². The first-order valence-corrected chi connectivity index (χ1v) is 7.19. The summed E-state index contributed by atoms with van der Waals surface area (Å²) in [6.07, 6.45) is 2.25. The van der Waals surface area contributed by atoms with Gasteiger partial charge in [0.1, 0.15) is 6.04 Å². The zero-order valence-electron chi connectivity index (χ0n) is 12.3. The molecular formula is C13H24N4O4. The van der Waals surface area contributed by atoms with E-state index in [1.165, 1.54) is 12.8 Å². The number of amides is 3. The van der Waals surface area contributed by atoms with Crippen LogP contribution in [0.3, 0.4) is 0 Å². The SMILES string of the molecule is CC(CNC(=O)N[C@@H](CCC(N)=O)C(=O)O)N1CCCC1. The Morgan fingerprint density at radius 1 is 1.29 bits per heavy atom. The Labute approximate surface area is 124 Å². The maximum Gasteiger partial charge on any atom is 0.326 e. The zero-order chi connectivity index (χ0) is 15.8. The lowest BCUT2D eigenvalue weighted by atomic mass is 10.1. The fourth-order valence-electron chi connectivity index (χ4n) is 2.31. The van der Waals surface area contributed by atoms with Gasteiger partial charge in [0.2, 0.25) is 5.91 Å². The number of hydrogen-bond donors (Lipinski definition) is 4. The van der Waals surface area contributed by atoms with Gasteiger partial charge in [-0.3, -0.25) is 9.69 Å². The summed E-state index contributed by atoms with van der Waals surface area (Å²) in [4.78, 5) is 35.6. The number of nitrogens with one attached hydrogen (secondary N) is 2. The number of urea groups is 1. The van der Waals surface area contributed by atoms with E-state index in [0.29, 0.717) is 6.54 Å². The quantitative estimate of drug-likeness (QED) is 0.480. The number of carbonyl (C=O) groups is 3. The van der Waals surface area contributed by atoms with E-state index >= 15 is 0 Å². The standard InChI is InChI=1S/C13H24N4O4/c1-9(17-6-2-3-7-17)8-15-13(21)16-10(12(19)20)4-5-11(14)18/h9-10H,2-8H2,1H3,(H2,14,18)(H,19,20)(H2,15,16,21)/t9?,10-/m0/s1. The monoisotopic (exact) mass is 300 g/mol. The van der Waals surface area contributed by atoms with Crippen LogP contribution in [0.25, 0.3) is 0 Å². The lowest BCUT2D eigenvalue weighted by Crippen LogP contribution is -2.49. The van der Waals surface area contributed by atoms with E-state index in [9.17, 15) is 14.4 Å². The number of nitrogens with two attached hydrogens (primary N) is 1. The maximum atomic E-state index is 11.7. The minimum Gasteiger partial charge on any atom is -0.480 e. The summed E-state index contributed by atoms with van der Waals surface area (Å²) in [5.41, 5.74) is 4.97. The van der Waals surface area contributed by atoms with Gasteiger partial charge in [0.15, 0.2) is 0 Å². The third kappa shape index (κ3) is 6.44. The minimum atomic E-state index is -1.18. The summed E-state index contributed by atoms with van der Waals surface area (Å²) in [6, 6.07) is -1.44. The number of likely N-dealkylation sites (tertiary alicyclic amines) is 1. The molecule has 5 N–H and O–H groups in total. The molecule has 0 aliphatic carbocycles. The molecule has 1 aliphatic rings. The topological polar surface area (TPSA) is 125 Å². The molecule has 2 atom stereocenters. The molecule has 8 nitrogen and oxygen atoms in total. The first kappa shape index (κ1) is 17.2. The summed E-state index contributed by atoms with van der Waals surface area (Å²) in [5, 5.41) is 14.0. The Hall–Kier alpha value is -1.83. The number of rotatable bonds is 8. The number of aliphatic carboxylic acids is 1. The fourth-order valence-corrected chi connectivity index (χ4v) is 2.31. The summed E-state index contributed by atoms with van der Waals surface area (Å²) in [5.74, 6) is -1.77. The number of carboxylic acids is 1. The van der Waals surface area contributed by atoms with Crippen molar-refractivity contribution in [2.45, 2.75) is 44.7 Å². The van der Waals surface area contributed by atoms with Gasteiger partial charge in [-0.25, -0.2) is 9.59 Å². The molecule has 0 aromatic heterocycles. The minimum absolute atomic E-state index is 0.0141. The van der Waals surface area contributed by atoms with E-state index in [0.717, 1.165) is 13.1 Å². The fraction of sp³-hybridized carbons (Fsp3) is 0.769. The highest BCUT2D eigenvalue weighted by Crippen LogP contribution is 2.10. The second kappa shape index (κ2) is 8.46. The van der Waals surface area contributed by atoms with Crippen LogP contribution in [-0.4, -0.2) is 59.6 Å². The summed E-state index contributed by atoms with van der Waals surface area (Å²) in [7, 11) is 0. The average Bonchev–Trinajstić information content (AvgIpc) is 2.94. The van der Waals surface area contributed by atoms with Crippen LogP contribution in [0.5, 0.6) is 0 Å².